The number of aryl methyl sites for hydroxylation is 2. The molecule has 0 saturated heterocycles. The summed E-state index contributed by atoms with van der Waals surface area (Å²) in [5, 5.41) is 4.70. The second kappa shape index (κ2) is 13.3. The fraction of sp³-hybridized carbons (Fsp3) is 0.406. The van der Waals surface area contributed by atoms with Crippen LogP contribution in [-0.4, -0.2) is 35.6 Å². The van der Waals surface area contributed by atoms with Crippen LogP contribution in [0.3, 0.4) is 0 Å². The SMILES string of the molecule is Cc1ccc(Oc2ncccc2CNCC2CCC(C)CC2)cc1.Cc1nc(N(C)C)c2ccccc2n1. The minimum absolute atomic E-state index is 0.700. The van der Waals surface area contributed by atoms with E-state index in [4.69, 9.17) is 4.74 Å². The third-order valence-corrected chi connectivity index (χ3v) is 7.09. The lowest BCUT2D eigenvalue weighted by Gasteiger charge is -2.26. The fourth-order valence-electron chi connectivity index (χ4n) is 4.83. The summed E-state index contributed by atoms with van der Waals surface area (Å²) in [6, 6.07) is 20.2. The number of nitrogens with zero attached hydrogens (tertiary/aromatic N) is 4. The summed E-state index contributed by atoms with van der Waals surface area (Å²) in [7, 11) is 3.99. The fourth-order valence-corrected chi connectivity index (χ4v) is 4.83. The van der Waals surface area contributed by atoms with Crippen LogP contribution in [0.15, 0.2) is 66.9 Å². The van der Waals surface area contributed by atoms with Crippen LogP contribution < -0.4 is 15.0 Å². The standard InChI is InChI=1S/C21H28N2O.C11H13N3/c1-16-5-9-18(10-6-16)14-22-15-19-4-3-13-23-21(19)24-20-11-7-17(2)8-12-20;1-8-12-10-7-5-4-6-9(10)11(13-8)14(2)3/h3-4,7-8,11-13,16,18,22H,5-6,9-10,14-15H2,1-2H3;4-7H,1-3H3. The smallest absolute Gasteiger partial charge is 0.223 e. The van der Waals surface area contributed by atoms with Crippen molar-refractivity contribution in [2.45, 2.75) is 53.0 Å². The average molecular weight is 512 g/mol. The van der Waals surface area contributed by atoms with E-state index in [1.54, 1.807) is 6.20 Å². The highest BCUT2D eigenvalue weighted by Gasteiger charge is 2.18. The van der Waals surface area contributed by atoms with Gasteiger partial charge in [0.1, 0.15) is 17.4 Å². The van der Waals surface area contributed by atoms with Crippen LogP contribution in [0.2, 0.25) is 0 Å². The Kier molecular flexibility index (Phi) is 9.66. The number of nitrogens with one attached hydrogen (secondary N) is 1. The largest absolute Gasteiger partial charge is 0.439 e. The van der Waals surface area contributed by atoms with Gasteiger partial charge in [0.05, 0.1) is 5.52 Å². The molecule has 4 aromatic rings. The number of fused-ring (bicyclic) bond motifs is 1. The highest BCUT2D eigenvalue weighted by molar-refractivity contribution is 5.89. The summed E-state index contributed by atoms with van der Waals surface area (Å²) < 4.78 is 5.97. The summed E-state index contributed by atoms with van der Waals surface area (Å²) >= 11 is 0. The molecule has 0 bridgehead atoms. The van der Waals surface area contributed by atoms with Gasteiger partial charge in [0, 0.05) is 37.8 Å². The number of ether oxygens (including phenoxy) is 1. The Hall–Kier alpha value is -3.51. The zero-order valence-corrected chi connectivity index (χ0v) is 23.4. The molecule has 2 aromatic heterocycles. The molecule has 1 aliphatic carbocycles. The number of hydrogen-bond acceptors (Lipinski definition) is 6. The molecule has 0 aliphatic heterocycles. The highest BCUT2D eigenvalue weighted by atomic mass is 16.5. The molecule has 0 unspecified atom stereocenters. The van der Waals surface area contributed by atoms with E-state index in [1.807, 2.05) is 68.4 Å². The summed E-state index contributed by atoms with van der Waals surface area (Å²) in [4.78, 5) is 15.2. The molecule has 0 amide bonds. The van der Waals surface area contributed by atoms with Crippen LogP contribution in [0, 0.1) is 25.7 Å². The van der Waals surface area contributed by atoms with Crippen molar-refractivity contribution in [3.8, 4) is 11.6 Å². The number of hydrogen-bond donors (Lipinski definition) is 1. The zero-order valence-electron chi connectivity index (χ0n) is 23.4. The van der Waals surface area contributed by atoms with E-state index >= 15 is 0 Å². The number of para-hydroxylation sites is 1. The van der Waals surface area contributed by atoms with Crippen LogP contribution in [0.4, 0.5) is 5.82 Å². The third kappa shape index (κ3) is 7.75. The Labute approximate surface area is 227 Å². The lowest BCUT2D eigenvalue weighted by Crippen LogP contribution is -2.25. The van der Waals surface area contributed by atoms with Gasteiger partial charge in [-0.1, -0.05) is 55.7 Å². The van der Waals surface area contributed by atoms with Gasteiger partial charge in [-0.05, 0) is 75.4 Å². The zero-order chi connectivity index (χ0) is 26.9. The van der Waals surface area contributed by atoms with Crippen LogP contribution in [0.1, 0.15) is 49.6 Å². The maximum Gasteiger partial charge on any atom is 0.223 e. The van der Waals surface area contributed by atoms with Gasteiger partial charge in [-0.15, -0.1) is 0 Å². The van der Waals surface area contributed by atoms with E-state index in [-0.39, 0.29) is 0 Å². The van der Waals surface area contributed by atoms with Crippen molar-refractivity contribution >= 4 is 16.7 Å². The number of rotatable bonds is 7. The van der Waals surface area contributed by atoms with E-state index in [2.05, 4.69) is 52.3 Å². The van der Waals surface area contributed by atoms with E-state index in [9.17, 15) is 0 Å². The van der Waals surface area contributed by atoms with Crippen molar-refractivity contribution in [3.63, 3.8) is 0 Å². The molecule has 1 aliphatic rings. The van der Waals surface area contributed by atoms with Crippen LogP contribution >= 0.6 is 0 Å². The first-order chi connectivity index (χ1) is 18.4. The van der Waals surface area contributed by atoms with E-state index in [0.717, 1.165) is 58.8 Å². The molecule has 1 saturated carbocycles. The molecule has 6 heteroatoms. The quantitative estimate of drug-likeness (QED) is 0.285. The van der Waals surface area contributed by atoms with Gasteiger partial charge in [-0.2, -0.15) is 0 Å². The molecular weight excluding hydrogens is 470 g/mol. The molecule has 0 spiro atoms. The Balaban J connectivity index is 0.000000204. The first kappa shape index (κ1) is 27.5. The van der Waals surface area contributed by atoms with E-state index in [0.29, 0.717) is 5.88 Å². The first-order valence-corrected chi connectivity index (χ1v) is 13.7. The minimum atomic E-state index is 0.700. The molecular formula is C32H41N5O. The van der Waals surface area contributed by atoms with Crippen LogP contribution in [0.5, 0.6) is 11.6 Å². The van der Waals surface area contributed by atoms with Crippen molar-refractivity contribution < 1.29 is 4.74 Å². The van der Waals surface area contributed by atoms with Gasteiger partial charge >= 0.3 is 0 Å². The monoisotopic (exact) mass is 511 g/mol. The molecule has 5 rings (SSSR count). The molecule has 1 N–H and O–H groups in total. The van der Waals surface area contributed by atoms with Crippen molar-refractivity contribution in [1.29, 1.82) is 0 Å². The van der Waals surface area contributed by atoms with Gasteiger partial charge in [0.2, 0.25) is 5.88 Å². The molecule has 0 atom stereocenters. The molecule has 38 heavy (non-hydrogen) atoms. The van der Waals surface area contributed by atoms with Crippen molar-refractivity contribution in [1.82, 2.24) is 20.3 Å². The number of anilines is 1. The molecule has 2 heterocycles. The third-order valence-electron chi connectivity index (χ3n) is 7.09. The normalized spacial score (nSPS) is 17.0. The van der Waals surface area contributed by atoms with Gasteiger partial charge in [0.15, 0.2) is 0 Å². The minimum Gasteiger partial charge on any atom is -0.439 e. The number of benzene rings is 2. The van der Waals surface area contributed by atoms with Crippen molar-refractivity contribution in [2.24, 2.45) is 11.8 Å². The number of aromatic nitrogens is 3. The molecule has 6 nitrogen and oxygen atoms in total. The topological polar surface area (TPSA) is 63.2 Å². The van der Waals surface area contributed by atoms with Crippen molar-refractivity contribution in [2.75, 3.05) is 25.5 Å². The Morgan fingerprint density at radius 1 is 0.895 bits per heavy atom. The Morgan fingerprint density at radius 3 is 2.37 bits per heavy atom. The second-order valence-electron chi connectivity index (χ2n) is 10.6. The highest BCUT2D eigenvalue weighted by Crippen LogP contribution is 2.28. The van der Waals surface area contributed by atoms with E-state index < -0.39 is 0 Å². The maximum atomic E-state index is 5.97. The summed E-state index contributed by atoms with van der Waals surface area (Å²) in [6.45, 7) is 8.26. The molecule has 200 valence electrons. The summed E-state index contributed by atoms with van der Waals surface area (Å²) in [5.74, 6) is 5.06. The van der Waals surface area contributed by atoms with Gasteiger partial charge < -0.3 is 15.0 Å². The molecule has 1 fully saturated rings. The lowest BCUT2D eigenvalue weighted by atomic mass is 9.83. The Morgan fingerprint density at radius 2 is 1.63 bits per heavy atom. The first-order valence-electron chi connectivity index (χ1n) is 13.7. The Bertz CT molecular complexity index is 1300. The summed E-state index contributed by atoms with van der Waals surface area (Å²) in [5.41, 5.74) is 3.35. The van der Waals surface area contributed by atoms with Crippen LogP contribution in [-0.2, 0) is 6.54 Å². The van der Waals surface area contributed by atoms with Crippen LogP contribution in [0.25, 0.3) is 10.9 Å². The summed E-state index contributed by atoms with van der Waals surface area (Å²) in [6.07, 6.45) is 7.25. The van der Waals surface area contributed by atoms with Gasteiger partial charge in [0.25, 0.3) is 0 Å². The van der Waals surface area contributed by atoms with Crippen molar-refractivity contribution in [3.05, 3.63) is 83.8 Å². The molecule has 2 aromatic carbocycles. The lowest BCUT2D eigenvalue weighted by molar-refractivity contribution is 0.281. The maximum absolute atomic E-state index is 5.97. The predicted octanol–water partition coefficient (Wildman–Crippen LogP) is 7.10. The molecule has 0 radical (unpaired) electrons. The van der Waals surface area contributed by atoms with E-state index in [1.165, 1.54) is 31.2 Å². The number of pyridine rings is 1. The second-order valence-corrected chi connectivity index (χ2v) is 10.6. The predicted molar refractivity (Wildman–Crippen MR) is 157 cm³/mol. The van der Waals surface area contributed by atoms with Gasteiger partial charge in [-0.3, -0.25) is 0 Å². The average Bonchev–Trinajstić information content (AvgIpc) is 2.92. The van der Waals surface area contributed by atoms with Gasteiger partial charge in [-0.25, -0.2) is 15.0 Å².